The molecule has 1 aromatic carbocycles. The number of carbonyl (C=O) groups excluding carboxylic acids is 1. The highest BCUT2D eigenvalue weighted by atomic mass is 35.5. The van der Waals surface area contributed by atoms with Gasteiger partial charge in [0, 0.05) is 28.7 Å². The summed E-state index contributed by atoms with van der Waals surface area (Å²) in [6.07, 6.45) is 0.0385. The van der Waals surface area contributed by atoms with Crippen molar-refractivity contribution in [2.75, 3.05) is 5.75 Å². The Morgan fingerprint density at radius 3 is 2.94 bits per heavy atom. The van der Waals surface area contributed by atoms with Gasteiger partial charge in [0.2, 0.25) is 5.91 Å². The first-order chi connectivity index (χ1) is 8.49. The third kappa shape index (κ3) is 2.68. The summed E-state index contributed by atoms with van der Waals surface area (Å²) in [7, 11) is 0. The van der Waals surface area contributed by atoms with Crippen LogP contribution in [0.15, 0.2) is 28.7 Å². The third-order valence-electron chi connectivity index (χ3n) is 2.71. The van der Waals surface area contributed by atoms with Crippen molar-refractivity contribution in [2.45, 2.75) is 17.4 Å². The highest BCUT2D eigenvalue weighted by Crippen LogP contribution is 2.40. The molecule has 18 heavy (non-hydrogen) atoms. The van der Waals surface area contributed by atoms with Gasteiger partial charge in [-0.05, 0) is 23.8 Å². The summed E-state index contributed by atoms with van der Waals surface area (Å²) in [5, 5.41) is 0.428. The average Bonchev–Trinajstić information content (AvgIpc) is 2.29. The maximum atomic E-state index is 13.2. The molecule has 1 atom stereocenters. The molecule has 2 rings (SSSR count). The fourth-order valence-corrected chi connectivity index (χ4v) is 3.45. The number of fused-ring (bicyclic) bond motifs is 1. The van der Waals surface area contributed by atoms with Crippen molar-refractivity contribution in [3.63, 3.8) is 0 Å². The number of nitrogens with two attached hydrogens (primary N) is 2. The van der Waals surface area contributed by atoms with Gasteiger partial charge >= 0.3 is 0 Å². The maximum Gasteiger partial charge on any atom is 0.219 e. The SMILES string of the molecule is NC(=O)CC(N)C1=C(Cl)c2cc(F)ccc2SC1. The average molecular weight is 287 g/mol. The molecule has 0 bridgehead atoms. The highest BCUT2D eigenvalue weighted by molar-refractivity contribution is 7.99. The van der Waals surface area contributed by atoms with Crippen LogP contribution in [0.1, 0.15) is 12.0 Å². The van der Waals surface area contributed by atoms with E-state index in [9.17, 15) is 9.18 Å². The van der Waals surface area contributed by atoms with E-state index in [1.54, 1.807) is 6.07 Å². The Morgan fingerprint density at radius 1 is 1.56 bits per heavy atom. The molecule has 1 aliphatic heterocycles. The van der Waals surface area contributed by atoms with E-state index in [4.69, 9.17) is 23.1 Å². The number of amides is 1. The molecule has 4 N–H and O–H groups in total. The molecule has 1 unspecified atom stereocenters. The molecule has 1 amide bonds. The number of hydrogen-bond acceptors (Lipinski definition) is 3. The lowest BCUT2D eigenvalue weighted by molar-refractivity contribution is -0.118. The van der Waals surface area contributed by atoms with Crippen LogP contribution in [0.4, 0.5) is 4.39 Å². The summed E-state index contributed by atoms with van der Waals surface area (Å²) in [5.41, 5.74) is 12.4. The van der Waals surface area contributed by atoms with Crippen molar-refractivity contribution in [1.82, 2.24) is 0 Å². The minimum Gasteiger partial charge on any atom is -0.370 e. The Labute approximate surface area is 113 Å². The van der Waals surface area contributed by atoms with E-state index in [1.807, 2.05) is 0 Å². The van der Waals surface area contributed by atoms with E-state index in [-0.39, 0.29) is 12.2 Å². The Hall–Kier alpha value is -1.04. The fraction of sp³-hybridized carbons (Fsp3) is 0.250. The van der Waals surface area contributed by atoms with Crippen molar-refractivity contribution >= 4 is 34.3 Å². The van der Waals surface area contributed by atoms with Crippen LogP contribution in [0.2, 0.25) is 0 Å². The lowest BCUT2D eigenvalue weighted by Crippen LogP contribution is -2.31. The van der Waals surface area contributed by atoms with E-state index in [0.717, 1.165) is 10.5 Å². The smallest absolute Gasteiger partial charge is 0.219 e. The van der Waals surface area contributed by atoms with Gasteiger partial charge in [0.15, 0.2) is 0 Å². The van der Waals surface area contributed by atoms with Crippen LogP contribution in [0.3, 0.4) is 0 Å². The van der Waals surface area contributed by atoms with Gasteiger partial charge in [-0.2, -0.15) is 0 Å². The van der Waals surface area contributed by atoms with Gasteiger partial charge in [-0.15, -0.1) is 11.8 Å². The van der Waals surface area contributed by atoms with Crippen LogP contribution in [0, 0.1) is 5.82 Å². The topological polar surface area (TPSA) is 69.1 Å². The minimum absolute atomic E-state index is 0.0385. The van der Waals surface area contributed by atoms with Gasteiger partial charge in [-0.3, -0.25) is 4.79 Å². The van der Waals surface area contributed by atoms with Crippen LogP contribution in [0.5, 0.6) is 0 Å². The largest absolute Gasteiger partial charge is 0.370 e. The zero-order valence-corrected chi connectivity index (χ0v) is 11.0. The standard InChI is InChI=1S/C12H12ClFN2OS/c13-12-7-3-6(14)1-2-10(7)18-5-8(12)9(15)4-11(16)17/h1-3,9H,4-5,15H2,(H2,16,17). The Bertz CT molecular complexity index is 533. The molecular weight excluding hydrogens is 275 g/mol. The molecule has 0 radical (unpaired) electrons. The molecule has 3 nitrogen and oxygen atoms in total. The summed E-state index contributed by atoms with van der Waals surface area (Å²) < 4.78 is 13.2. The van der Waals surface area contributed by atoms with Gasteiger partial charge in [-0.1, -0.05) is 11.6 Å². The van der Waals surface area contributed by atoms with E-state index in [0.29, 0.717) is 16.3 Å². The van der Waals surface area contributed by atoms with Crippen molar-refractivity contribution in [1.29, 1.82) is 0 Å². The number of carbonyl (C=O) groups is 1. The van der Waals surface area contributed by atoms with Crippen LogP contribution in [-0.4, -0.2) is 17.7 Å². The Morgan fingerprint density at radius 2 is 2.28 bits per heavy atom. The van der Waals surface area contributed by atoms with Gasteiger partial charge < -0.3 is 11.5 Å². The van der Waals surface area contributed by atoms with Crippen molar-refractivity contribution in [2.24, 2.45) is 11.5 Å². The number of hydrogen-bond donors (Lipinski definition) is 2. The molecule has 1 aromatic rings. The van der Waals surface area contributed by atoms with Gasteiger partial charge in [-0.25, -0.2) is 4.39 Å². The van der Waals surface area contributed by atoms with Crippen molar-refractivity contribution < 1.29 is 9.18 Å². The van der Waals surface area contributed by atoms with Gasteiger partial charge in [0.05, 0.1) is 5.03 Å². The molecule has 0 saturated heterocycles. The second-order valence-corrected chi connectivity index (χ2v) is 5.44. The summed E-state index contributed by atoms with van der Waals surface area (Å²) in [6.45, 7) is 0. The number of rotatable bonds is 3. The quantitative estimate of drug-likeness (QED) is 0.894. The summed E-state index contributed by atoms with van der Waals surface area (Å²) >= 11 is 7.75. The van der Waals surface area contributed by atoms with E-state index < -0.39 is 11.9 Å². The molecule has 96 valence electrons. The lowest BCUT2D eigenvalue weighted by Gasteiger charge is -2.23. The first-order valence-electron chi connectivity index (χ1n) is 5.34. The number of thioether (sulfide) groups is 1. The van der Waals surface area contributed by atoms with Crippen LogP contribution >= 0.6 is 23.4 Å². The van der Waals surface area contributed by atoms with E-state index in [1.165, 1.54) is 23.9 Å². The molecular formula is C12H12ClFN2OS. The predicted molar refractivity (Wildman–Crippen MR) is 71.7 cm³/mol. The van der Waals surface area contributed by atoms with Gasteiger partial charge in [0.1, 0.15) is 5.82 Å². The highest BCUT2D eigenvalue weighted by Gasteiger charge is 2.23. The fourth-order valence-electron chi connectivity index (χ4n) is 1.80. The second-order valence-electron chi connectivity index (χ2n) is 4.05. The van der Waals surface area contributed by atoms with Crippen molar-refractivity contribution in [3.8, 4) is 0 Å². The summed E-state index contributed by atoms with van der Waals surface area (Å²) in [6, 6.07) is 3.94. The minimum atomic E-state index is -0.515. The zero-order chi connectivity index (χ0) is 13.3. The Kier molecular flexibility index (Phi) is 3.94. The second kappa shape index (κ2) is 5.30. The maximum absolute atomic E-state index is 13.2. The van der Waals surface area contributed by atoms with Crippen molar-refractivity contribution in [3.05, 3.63) is 35.2 Å². The van der Waals surface area contributed by atoms with Crippen LogP contribution < -0.4 is 11.5 Å². The van der Waals surface area contributed by atoms with Crippen LogP contribution in [0.25, 0.3) is 5.03 Å². The first-order valence-corrected chi connectivity index (χ1v) is 6.70. The third-order valence-corrected chi connectivity index (χ3v) is 4.28. The van der Waals surface area contributed by atoms with Crippen LogP contribution in [-0.2, 0) is 4.79 Å². The number of halogens is 2. The van der Waals surface area contributed by atoms with E-state index in [2.05, 4.69) is 0 Å². The van der Waals surface area contributed by atoms with E-state index >= 15 is 0 Å². The molecule has 0 aromatic heterocycles. The summed E-state index contributed by atoms with van der Waals surface area (Å²) in [5.74, 6) is -0.238. The Balaban J connectivity index is 2.38. The lowest BCUT2D eigenvalue weighted by atomic mass is 10.0. The summed E-state index contributed by atoms with van der Waals surface area (Å²) in [4.78, 5) is 11.8. The molecule has 1 heterocycles. The normalized spacial score (nSPS) is 16.4. The molecule has 0 fully saturated rings. The molecule has 6 heteroatoms. The molecule has 1 aliphatic rings. The molecule has 0 aliphatic carbocycles. The van der Waals surface area contributed by atoms with Gasteiger partial charge in [0.25, 0.3) is 0 Å². The number of benzene rings is 1. The molecule has 0 saturated carbocycles. The zero-order valence-electron chi connectivity index (χ0n) is 9.45. The first kappa shape index (κ1) is 13.4. The molecule has 0 spiro atoms. The number of primary amides is 1. The monoisotopic (exact) mass is 286 g/mol. The predicted octanol–water partition coefficient (Wildman–Crippen LogP) is 2.08.